The van der Waals surface area contributed by atoms with Crippen LogP contribution in [0.3, 0.4) is 0 Å². The third-order valence-electron chi connectivity index (χ3n) is 1.09. The zero-order valence-electron chi connectivity index (χ0n) is 5.25. The fourth-order valence-corrected chi connectivity index (χ4v) is 0.544. The van der Waals surface area contributed by atoms with Gasteiger partial charge in [0, 0.05) is 11.8 Å². The van der Waals surface area contributed by atoms with Crippen LogP contribution in [0.4, 0.5) is 0 Å². The van der Waals surface area contributed by atoms with Crippen molar-refractivity contribution in [3.8, 4) is 0 Å². The first-order valence-corrected chi connectivity index (χ1v) is 2.61. The molecule has 0 radical (unpaired) electrons. The second-order valence-corrected chi connectivity index (χ2v) is 1.90. The Hall–Kier alpha value is -1.52. The van der Waals surface area contributed by atoms with Crippen molar-refractivity contribution >= 4 is 0 Å². The summed E-state index contributed by atoms with van der Waals surface area (Å²) in [6.07, 6.45) is 0.946. The number of aromatic amines is 1. The third-order valence-corrected chi connectivity index (χ3v) is 1.09. The number of nitrogens with one attached hydrogen (secondary N) is 1. The van der Waals surface area contributed by atoms with Crippen molar-refractivity contribution in [1.82, 2.24) is 9.71 Å². The number of aryl methyl sites for hydroxylation is 1. The summed E-state index contributed by atoms with van der Waals surface area (Å²) in [6.45, 7) is 1.45. The van der Waals surface area contributed by atoms with E-state index in [0.717, 1.165) is 6.20 Å². The lowest BCUT2D eigenvalue weighted by molar-refractivity contribution is 0.885. The molecule has 0 aliphatic heterocycles. The molecule has 0 unspecified atom stereocenters. The maximum Gasteiger partial charge on any atom is 0.323 e. The van der Waals surface area contributed by atoms with Gasteiger partial charge in [-0.15, -0.1) is 0 Å². The van der Waals surface area contributed by atoms with Gasteiger partial charge >= 0.3 is 5.69 Å². The lowest BCUT2D eigenvalue weighted by Gasteiger charge is -2.06. The number of hydrogen-bond donors (Lipinski definition) is 1. The highest BCUT2D eigenvalue weighted by Crippen LogP contribution is 1.78. The third kappa shape index (κ3) is 0.928. The molecule has 1 heterocycles. The summed E-state index contributed by atoms with van der Waals surface area (Å²) in [5, 5.41) is 10.4. The second-order valence-electron chi connectivity index (χ2n) is 1.90. The van der Waals surface area contributed by atoms with Gasteiger partial charge in [-0.25, -0.2) is 4.79 Å². The highest BCUT2D eigenvalue weighted by atomic mass is 16.5. The van der Waals surface area contributed by atoms with Crippen molar-refractivity contribution in [3.63, 3.8) is 0 Å². The van der Waals surface area contributed by atoms with Crippen LogP contribution in [0.5, 0.6) is 0 Å². The van der Waals surface area contributed by atoms with Crippen LogP contribution in [0.1, 0.15) is 5.56 Å². The molecule has 10 heavy (non-hydrogen) atoms. The van der Waals surface area contributed by atoms with Gasteiger partial charge in [0.25, 0.3) is 5.56 Å². The molecule has 0 bridgehead atoms. The molecule has 0 fully saturated rings. The molecular weight excluding hydrogens is 136 g/mol. The van der Waals surface area contributed by atoms with E-state index in [0.29, 0.717) is 0 Å². The molecule has 5 nitrogen and oxygen atoms in total. The largest absolute Gasteiger partial charge is 0.802 e. The monoisotopic (exact) mass is 141 g/mol. The van der Waals surface area contributed by atoms with E-state index >= 15 is 0 Å². The molecule has 1 N–H and O–H groups in total. The van der Waals surface area contributed by atoms with Crippen molar-refractivity contribution < 1.29 is 0 Å². The molecule has 0 spiro atoms. The lowest BCUT2D eigenvalue weighted by Crippen LogP contribution is -2.28. The lowest BCUT2D eigenvalue weighted by atomic mass is 10.4. The van der Waals surface area contributed by atoms with Gasteiger partial charge in [0.1, 0.15) is 0 Å². The summed E-state index contributed by atoms with van der Waals surface area (Å²) in [6, 6.07) is 0. The molecule has 0 aliphatic carbocycles. The molecule has 54 valence electrons. The van der Waals surface area contributed by atoms with Gasteiger partial charge in [-0.1, -0.05) is 0 Å². The number of hydrogen-bond acceptors (Lipinski definition) is 3. The molecule has 0 saturated carbocycles. The topological polar surface area (TPSA) is 77.9 Å². The summed E-state index contributed by atoms with van der Waals surface area (Å²) in [5.41, 5.74) is -1.22. The van der Waals surface area contributed by atoms with Crippen LogP contribution in [0.15, 0.2) is 15.8 Å². The van der Waals surface area contributed by atoms with Crippen LogP contribution < -0.4 is 11.2 Å². The van der Waals surface area contributed by atoms with E-state index in [1.807, 2.05) is 4.98 Å². The molecule has 0 aliphatic rings. The minimum Gasteiger partial charge on any atom is -0.802 e. The Morgan fingerprint density at radius 1 is 1.60 bits per heavy atom. The Labute approximate surface area is 55.5 Å². The molecule has 0 saturated heterocycles. The Morgan fingerprint density at radius 2 is 2.20 bits per heavy atom. The highest BCUT2D eigenvalue weighted by molar-refractivity contribution is 5.01. The van der Waals surface area contributed by atoms with E-state index in [9.17, 15) is 14.8 Å². The van der Waals surface area contributed by atoms with Gasteiger partial charge < -0.3 is 9.94 Å². The first-order chi connectivity index (χ1) is 4.61. The summed E-state index contributed by atoms with van der Waals surface area (Å²) < 4.78 is 0.0801. The SMILES string of the molecule is Cc1cn([O-])c(=O)[nH]c1=O. The van der Waals surface area contributed by atoms with Crippen LogP contribution in [0.25, 0.3) is 0 Å². The van der Waals surface area contributed by atoms with Crippen LogP contribution in [0.2, 0.25) is 0 Å². The Balaban J connectivity index is 3.59. The van der Waals surface area contributed by atoms with Crippen molar-refractivity contribution in [1.29, 1.82) is 0 Å². The normalized spacial score (nSPS) is 9.70. The summed E-state index contributed by atoms with van der Waals surface area (Å²) in [5.74, 6) is 0. The Kier molecular flexibility index (Phi) is 1.33. The van der Waals surface area contributed by atoms with Gasteiger partial charge in [-0.2, -0.15) is 0 Å². The van der Waals surface area contributed by atoms with Gasteiger partial charge in [0.15, 0.2) is 0 Å². The Morgan fingerprint density at radius 3 is 2.70 bits per heavy atom. The van der Waals surface area contributed by atoms with Crippen molar-refractivity contribution in [2.45, 2.75) is 6.92 Å². The predicted octanol–water partition coefficient (Wildman–Crippen LogP) is -0.809. The van der Waals surface area contributed by atoms with Crippen LogP contribution in [-0.2, 0) is 0 Å². The maximum atomic E-state index is 10.6. The second kappa shape index (κ2) is 2.02. The average Bonchev–Trinajstić information content (AvgIpc) is 1.84. The summed E-state index contributed by atoms with van der Waals surface area (Å²) in [7, 11) is 0. The molecule has 1 rings (SSSR count). The van der Waals surface area contributed by atoms with Gasteiger partial charge in [-0.05, 0) is 6.92 Å². The molecule has 0 atom stereocenters. The Bertz CT molecular complexity index is 317. The maximum absolute atomic E-state index is 10.6. The highest BCUT2D eigenvalue weighted by Gasteiger charge is 1.91. The predicted molar refractivity (Wildman–Crippen MR) is 34.8 cm³/mol. The van der Waals surface area contributed by atoms with E-state index in [4.69, 9.17) is 0 Å². The number of rotatable bonds is 0. The standard InChI is InChI=1S/C5H5N2O3/c1-3-2-7(10)5(9)6-4(3)8/h2H,1H3,(H,6,8,9)/q-1. The zero-order chi connectivity index (χ0) is 7.72. The zero-order valence-corrected chi connectivity index (χ0v) is 5.25. The molecule has 5 heteroatoms. The van der Waals surface area contributed by atoms with Crippen LogP contribution >= 0.6 is 0 Å². The number of nitrogens with zero attached hydrogens (tertiary/aromatic N) is 1. The quantitative estimate of drug-likeness (QED) is 0.513. The molecule has 1 aromatic heterocycles. The van der Waals surface area contributed by atoms with Crippen LogP contribution in [-0.4, -0.2) is 9.71 Å². The molecular formula is C5H5N2O3-. The van der Waals surface area contributed by atoms with E-state index in [1.165, 1.54) is 6.92 Å². The molecule has 1 aromatic rings. The number of H-pyrrole nitrogens is 1. The first-order valence-electron chi connectivity index (χ1n) is 2.61. The number of aromatic nitrogens is 2. The van der Waals surface area contributed by atoms with E-state index in [2.05, 4.69) is 0 Å². The smallest absolute Gasteiger partial charge is 0.323 e. The minimum absolute atomic E-state index is 0.0801. The van der Waals surface area contributed by atoms with Gasteiger partial charge in [-0.3, -0.25) is 9.78 Å². The van der Waals surface area contributed by atoms with E-state index in [1.54, 1.807) is 0 Å². The molecule has 0 aromatic carbocycles. The van der Waals surface area contributed by atoms with Crippen molar-refractivity contribution in [2.24, 2.45) is 0 Å². The van der Waals surface area contributed by atoms with Gasteiger partial charge in [0.05, 0.1) is 0 Å². The van der Waals surface area contributed by atoms with E-state index in [-0.39, 0.29) is 10.3 Å². The minimum atomic E-state index is -0.935. The fourth-order valence-electron chi connectivity index (χ4n) is 0.544. The summed E-state index contributed by atoms with van der Waals surface area (Å²) in [4.78, 5) is 22.8. The summed E-state index contributed by atoms with van der Waals surface area (Å²) >= 11 is 0. The van der Waals surface area contributed by atoms with Crippen molar-refractivity contribution in [2.75, 3.05) is 0 Å². The first kappa shape index (κ1) is 6.60. The molecule has 0 amide bonds. The van der Waals surface area contributed by atoms with Gasteiger partial charge in [0.2, 0.25) is 0 Å². The van der Waals surface area contributed by atoms with Crippen molar-refractivity contribution in [3.05, 3.63) is 37.8 Å². The van der Waals surface area contributed by atoms with Crippen LogP contribution in [0, 0.1) is 12.1 Å². The fraction of sp³-hybridized carbons (Fsp3) is 0.200. The van der Waals surface area contributed by atoms with E-state index < -0.39 is 11.2 Å². The average molecular weight is 141 g/mol.